The van der Waals surface area contributed by atoms with Gasteiger partial charge in [0.1, 0.15) is 5.76 Å². The van der Waals surface area contributed by atoms with Crippen molar-refractivity contribution in [3.05, 3.63) is 45.5 Å². The Morgan fingerprint density at radius 3 is 3.05 bits per heavy atom. The fraction of sp³-hybridized carbons (Fsp3) is 0.438. The summed E-state index contributed by atoms with van der Waals surface area (Å²) >= 11 is 1.88. The van der Waals surface area contributed by atoms with Crippen molar-refractivity contribution in [2.24, 2.45) is 0 Å². The van der Waals surface area contributed by atoms with Crippen LogP contribution in [-0.2, 0) is 25.8 Å². The molecule has 2 heterocycles. The fourth-order valence-corrected chi connectivity index (χ4v) is 3.91. The molecule has 0 spiro atoms. The Balaban J connectivity index is 1.41. The number of carbonyl (C=O) groups excluding carboxylic acids is 1. The average Bonchev–Trinajstić information content (AvgIpc) is 3.15. The van der Waals surface area contributed by atoms with Crippen molar-refractivity contribution in [1.82, 2.24) is 10.6 Å². The van der Waals surface area contributed by atoms with Crippen LogP contribution < -0.4 is 10.6 Å². The number of urea groups is 1. The van der Waals surface area contributed by atoms with Crippen LogP contribution >= 0.6 is 11.3 Å². The molecule has 0 aliphatic heterocycles. The van der Waals surface area contributed by atoms with Crippen LogP contribution in [-0.4, -0.2) is 12.6 Å². The SMILES string of the molecule is O=C(NCCc1csc2c1CCCC2)NCc1ccco1. The maximum atomic E-state index is 11.7. The summed E-state index contributed by atoms with van der Waals surface area (Å²) < 4.78 is 5.17. The summed E-state index contributed by atoms with van der Waals surface area (Å²) in [5, 5.41) is 7.95. The Morgan fingerprint density at radius 2 is 2.19 bits per heavy atom. The van der Waals surface area contributed by atoms with E-state index in [0.717, 1.165) is 12.2 Å². The zero-order chi connectivity index (χ0) is 14.5. The van der Waals surface area contributed by atoms with Gasteiger partial charge in [0.2, 0.25) is 0 Å². The summed E-state index contributed by atoms with van der Waals surface area (Å²) in [6.45, 7) is 1.10. The number of thiophene rings is 1. The molecule has 1 aliphatic carbocycles. The van der Waals surface area contributed by atoms with Crippen molar-refractivity contribution >= 4 is 17.4 Å². The number of furan rings is 1. The standard InChI is InChI=1S/C16H20N2O2S/c19-16(18-10-13-4-3-9-20-13)17-8-7-12-11-21-15-6-2-1-5-14(12)15/h3-4,9,11H,1-2,5-8,10H2,(H2,17,18,19). The van der Waals surface area contributed by atoms with Gasteiger partial charge in [-0.15, -0.1) is 11.3 Å². The highest BCUT2D eigenvalue weighted by Gasteiger charge is 2.15. The van der Waals surface area contributed by atoms with Gasteiger partial charge in [0.25, 0.3) is 0 Å². The number of aryl methyl sites for hydroxylation is 1. The van der Waals surface area contributed by atoms with Gasteiger partial charge in [0, 0.05) is 11.4 Å². The lowest BCUT2D eigenvalue weighted by Crippen LogP contribution is -2.36. The Morgan fingerprint density at radius 1 is 1.29 bits per heavy atom. The number of carbonyl (C=O) groups is 1. The lowest BCUT2D eigenvalue weighted by atomic mass is 9.95. The Kier molecular flexibility index (Phi) is 4.60. The molecule has 21 heavy (non-hydrogen) atoms. The predicted octanol–water partition coefficient (Wildman–Crippen LogP) is 3.26. The molecule has 3 rings (SSSR count). The average molecular weight is 304 g/mol. The molecule has 0 radical (unpaired) electrons. The van der Waals surface area contributed by atoms with Gasteiger partial charge in [-0.1, -0.05) is 0 Å². The smallest absolute Gasteiger partial charge is 0.315 e. The van der Waals surface area contributed by atoms with Gasteiger partial charge in [-0.05, 0) is 60.7 Å². The summed E-state index contributed by atoms with van der Waals surface area (Å²) in [4.78, 5) is 13.2. The minimum absolute atomic E-state index is 0.143. The third-order valence-electron chi connectivity index (χ3n) is 3.83. The van der Waals surface area contributed by atoms with Gasteiger partial charge in [-0.25, -0.2) is 4.79 Å². The van der Waals surface area contributed by atoms with Gasteiger partial charge in [-0.2, -0.15) is 0 Å². The molecule has 0 saturated carbocycles. The molecule has 0 bridgehead atoms. The molecule has 0 fully saturated rings. The highest BCUT2D eigenvalue weighted by molar-refractivity contribution is 7.10. The first-order valence-electron chi connectivity index (χ1n) is 7.45. The largest absolute Gasteiger partial charge is 0.467 e. The van der Waals surface area contributed by atoms with E-state index in [1.165, 1.54) is 31.2 Å². The number of hydrogen-bond acceptors (Lipinski definition) is 3. The lowest BCUT2D eigenvalue weighted by molar-refractivity contribution is 0.239. The van der Waals surface area contributed by atoms with Crippen LogP contribution in [0.2, 0.25) is 0 Å². The van der Waals surface area contributed by atoms with E-state index in [4.69, 9.17) is 4.42 Å². The van der Waals surface area contributed by atoms with Crippen LogP contribution in [0, 0.1) is 0 Å². The second kappa shape index (κ2) is 6.80. The van der Waals surface area contributed by atoms with Crippen LogP contribution in [0.4, 0.5) is 4.79 Å². The molecular weight excluding hydrogens is 284 g/mol. The molecule has 0 saturated heterocycles. The number of amides is 2. The van der Waals surface area contributed by atoms with Gasteiger partial charge < -0.3 is 15.1 Å². The Labute approximate surface area is 128 Å². The first-order valence-corrected chi connectivity index (χ1v) is 8.33. The highest BCUT2D eigenvalue weighted by Crippen LogP contribution is 2.30. The number of rotatable bonds is 5. The minimum atomic E-state index is -0.143. The third kappa shape index (κ3) is 3.67. The van der Waals surface area contributed by atoms with Gasteiger partial charge >= 0.3 is 6.03 Å². The van der Waals surface area contributed by atoms with E-state index in [0.29, 0.717) is 13.1 Å². The molecular formula is C16H20N2O2S. The summed E-state index contributed by atoms with van der Waals surface area (Å²) in [5.74, 6) is 0.761. The second-order valence-electron chi connectivity index (χ2n) is 5.31. The van der Waals surface area contributed by atoms with Crippen molar-refractivity contribution in [2.45, 2.75) is 38.6 Å². The summed E-state index contributed by atoms with van der Waals surface area (Å²) in [5.41, 5.74) is 2.96. The van der Waals surface area contributed by atoms with Crippen molar-refractivity contribution in [3.63, 3.8) is 0 Å². The summed E-state index contributed by atoms with van der Waals surface area (Å²) in [6, 6.07) is 3.52. The molecule has 4 nitrogen and oxygen atoms in total. The Bertz CT molecular complexity index is 589. The molecule has 0 aromatic carbocycles. The predicted molar refractivity (Wildman–Crippen MR) is 83.6 cm³/mol. The van der Waals surface area contributed by atoms with Gasteiger partial charge in [-0.3, -0.25) is 0 Å². The molecule has 2 aromatic rings. The lowest BCUT2D eigenvalue weighted by Gasteiger charge is -2.13. The van der Waals surface area contributed by atoms with Crippen LogP contribution in [0.3, 0.4) is 0 Å². The number of fused-ring (bicyclic) bond motifs is 1. The molecule has 5 heteroatoms. The van der Waals surface area contributed by atoms with Crippen LogP contribution in [0.25, 0.3) is 0 Å². The molecule has 2 amide bonds. The highest BCUT2D eigenvalue weighted by atomic mass is 32.1. The Hall–Kier alpha value is -1.75. The van der Waals surface area contributed by atoms with Crippen molar-refractivity contribution in [3.8, 4) is 0 Å². The van der Waals surface area contributed by atoms with Gasteiger partial charge in [0.05, 0.1) is 12.8 Å². The van der Waals surface area contributed by atoms with Crippen LogP contribution in [0.1, 0.15) is 34.6 Å². The molecule has 0 atom stereocenters. The van der Waals surface area contributed by atoms with E-state index < -0.39 is 0 Å². The molecule has 112 valence electrons. The summed E-state index contributed by atoms with van der Waals surface area (Å²) in [7, 11) is 0. The second-order valence-corrected chi connectivity index (χ2v) is 6.27. The monoisotopic (exact) mass is 304 g/mol. The van der Waals surface area contributed by atoms with Gasteiger partial charge in [0.15, 0.2) is 0 Å². The third-order valence-corrected chi connectivity index (χ3v) is 4.97. The van der Waals surface area contributed by atoms with E-state index in [2.05, 4.69) is 16.0 Å². The van der Waals surface area contributed by atoms with E-state index in [1.54, 1.807) is 16.7 Å². The molecule has 0 unspecified atom stereocenters. The topological polar surface area (TPSA) is 54.3 Å². The van der Waals surface area contributed by atoms with Crippen molar-refractivity contribution in [1.29, 1.82) is 0 Å². The summed E-state index contributed by atoms with van der Waals surface area (Å²) in [6.07, 6.45) is 7.58. The number of nitrogens with one attached hydrogen (secondary N) is 2. The van der Waals surface area contributed by atoms with E-state index in [1.807, 2.05) is 23.5 Å². The van der Waals surface area contributed by atoms with E-state index >= 15 is 0 Å². The van der Waals surface area contributed by atoms with Crippen LogP contribution in [0.15, 0.2) is 28.2 Å². The minimum Gasteiger partial charge on any atom is -0.467 e. The van der Waals surface area contributed by atoms with Crippen molar-refractivity contribution in [2.75, 3.05) is 6.54 Å². The molecule has 2 aromatic heterocycles. The maximum Gasteiger partial charge on any atom is 0.315 e. The van der Waals surface area contributed by atoms with E-state index in [-0.39, 0.29) is 6.03 Å². The molecule has 2 N–H and O–H groups in total. The first-order chi connectivity index (χ1) is 10.3. The van der Waals surface area contributed by atoms with Crippen molar-refractivity contribution < 1.29 is 9.21 Å². The zero-order valence-corrected chi connectivity index (χ0v) is 12.8. The fourth-order valence-electron chi connectivity index (χ4n) is 2.72. The number of hydrogen-bond donors (Lipinski definition) is 2. The normalized spacial score (nSPS) is 13.7. The zero-order valence-electron chi connectivity index (χ0n) is 12.0. The quantitative estimate of drug-likeness (QED) is 0.891. The van der Waals surface area contributed by atoms with E-state index in [9.17, 15) is 4.79 Å². The maximum absolute atomic E-state index is 11.7. The first kappa shape index (κ1) is 14.2. The molecule has 1 aliphatic rings. The van der Waals surface area contributed by atoms with Crippen LogP contribution in [0.5, 0.6) is 0 Å².